The van der Waals surface area contributed by atoms with Crippen molar-refractivity contribution in [3.05, 3.63) is 24.3 Å². The van der Waals surface area contributed by atoms with Gasteiger partial charge in [0.2, 0.25) is 0 Å². The van der Waals surface area contributed by atoms with Crippen molar-refractivity contribution in [1.29, 1.82) is 0 Å². The summed E-state index contributed by atoms with van der Waals surface area (Å²) in [7, 11) is 3.67. The summed E-state index contributed by atoms with van der Waals surface area (Å²) < 4.78 is 10.9. The number of hydrogen-bond acceptors (Lipinski definition) is 3. The molecule has 0 saturated heterocycles. The second kappa shape index (κ2) is 7.96. The van der Waals surface area contributed by atoms with Crippen LogP contribution in [0, 0.1) is 0 Å². The van der Waals surface area contributed by atoms with Crippen LogP contribution >= 0.6 is 0 Å². The third kappa shape index (κ3) is 4.65. The molecular formula is C14H23NO2. The Morgan fingerprint density at radius 2 is 1.94 bits per heavy atom. The Hall–Kier alpha value is -1.22. The van der Waals surface area contributed by atoms with Gasteiger partial charge >= 0.3 is 0 Å². The maximum Gasteiger partial charge on any atom is 0.161 e. The Bertz CT molecular complexity index is 311. The zero-order valence-corrected chi connectivity index (χ0v) is 11.0. The molecule has 0 aliphatic rings. The highest BCUT2D eigenvalue weighted by Crippen LogP contribution is 2.25. The van der Waals surface area contributed by atoms with E-state index in [2.05, 4.69) is 12.2 Å². The van der Waals surface area contributed by atoms with Crippen LogP contribution in [0.4, 0.5) is 0 Å². The second-order valence-electron chi connectivity index (χ2n) is 4.04. The van der Waals surface area contributed by atoms with E-state index in [0.717, 1.165) is 37.4 Å². The summed E-state index contributed by atoms with van der Waals surface area (Å²) in [5, 5.41) is 3.29. The number of ether oxygens (including phenoxy) is 2. The van der Waals surface area contributed by atoms with Crippen LogP contribution in [0.15, 0.2) is 24.3 Å². The van der Waals surface area contributed by atoms with Gasteiger partial charge in [-0.1, -0.05) is 19.1 Å². The number of rotatable bonds is 8. The van der Waals surface area contributed by atoms with Gasteiger partial charge in [0.1, 0.15) is 0 Å². The fourth-order valence-corrected chi connectivity index (χ4v) is 1.80. The van der Waals surface area contributed by atoms with Crippen LogP contribution in [-0.2, 0) is 0 Å². The lowest BCUT2D eigenvalue weighted by molar-refractivity contribution is 0.279. The highest BCUT2D eigenvalue weighted by atomic mass is 16.5. The molecule has 3 nitrogen and oxygen atoms in total. The predicted octanol–water partition coefficient (Wildman–Crippen LogP) is 2.85. The zero-order valence-electron chi connectivity index (χ0n) is 11.0. The van der Waals surface area contributed by atoms with E-state index < -0.39 is 0 Å². The van der Waals surface area contributed by atoms with Crippen molar-refractivity contribution in [2.24, 2.45) is 0 Å². The molecule has 1 aromatic rings. The number of benzene rings is 1. The molecule has 1 atom stereocenters. The maximum absolute atomic E-state index is 5.71. The van der Waals surface area contributed by atoms with E-state index in [1.54, 1.807) is 7.11 Å². The van der Waals surface area contributed by atoms with E-state index >= 15 is 0 Å². The minimum atomic E-state index is 0.594. The average Bonchev–Trinajstić information content (AvgIpc) is 2.39. The van der Waals surface area contributed by atoms with Gasteiger partial charge in [-0.25, -0.2) is 0 Å². The second-order valence-corrected chi connectivity index (χ2v) is 4.04. The SMILES string of the molecule is CCC(CCCOc1ccccc1OC)NC. The van der Waals surface area contributed by atoms with Crippen LogP contribution in [0.25, 0.3) is 0 Å². The fourth-order valence-electron chi connectivity index (χ4n) is 1.80. The van der Waals surface area contributed by atoms with E-state index in [4.69, 9.17) is 9.47 Å². The number of hydrogen-bond donors (Lipinski definition) is 1. The molecule has 0 radical (unpaired) electrons. The summed E-state index contributed by atoms with van der Waals surface area (Å²) in [6.45, 7) is 2.93. The molecule has 1 unspecified atom stereocenters. The van der Waals surface area contributed by atoms with Gasteiger partial charge < -0.3 is 14.8 Å². The van der Waals surface area contributed by atoms with Gasteiger partial charge in [0, 0.05) is 6.04 Å². The smallest absolute Gasteiger partial charge is 0.161 e. The Labute approximate surface area is 104 Å². The number of para-hydroxylation sites is 2. The van der Waals surface area contributed by atoms with Crippen LogP contribution in [-0.4, -0.2) is 26.8 Å². The lowest BCUT2D eigenvalue weighted by atomic mass is 10.1. The Morgan fingerprint density at radius 3 is 2.53 bits per heavy atom. The molecule has 0 spiro atoms. The minimum absolute atomic E-state index is 0.594. The summed E-state index contributed by atoms with van der Waals surface area (Å²) in [5.74, 6) is 1.63. The van der Waals surface area contributed by atoms with Gasteiger partial charge in [-0.2, -0.15) is 0 Å². The Kier molecular flexibility index (Phi) is 6.48. The zero-order chi connectivity index (χ0) is 12.5. The quantitative estimate of drug-likeness (QED) is 0.705. The molecule has 3 heteroatoms. The Balaban J connectivity index is 2.30. The van der Waals surface area contributed by atoms with Crippen LogP contribution in [0.2, 0.25) is 0 Å². The first kappa shape index (κ1) is 13.8. The van der Waals surface area contributed by atoms with Crippen molar-refractivity contribution in [2.75, 3.05) is 20.8 Å². The molecule has 0 fully saturated rings. The number of methoxy groups -OCH3 is 1. The number of nitrogens with one attached hydrogen (secondary N) is 1. The summed E-state index contributed by atoms with van der Waals surface area (Å²) in [5.41, 5.74) is 0. The fraction of sp³-hybridized carbons (Fsp3) is 0.571. The maximum atomic E-state index is 5.71. The minimum Gasteiger partial charge on any atom is -0.493 e. The molecule has 1 aromatic carbocycles. The molecule has 0 heterocycles. The molecule has 0 bridgehead atoms. The molecule has 1 rings (SSSR count). The van der Waals surface area contributed by atoms with Crippen molar-refractivity contribution in [3.8, 4) is 11.5 Å². The van der Waals surface area contributed by atoms with Gasteiger partial charge in [0.15, 0.2) is 11.5 Å². The first-order chi connectivity index (χ1) is 8.31. The molecule has 0 aliphatic heterocycles. The molecule has 1 N–H and O–H groups in total. The van der Waals surface area contributed by atoms with Gasteiger partial charge in [0.05, 0.1) is 13.7 Å². The van der Waals surface area contributed by atoms with E-state index in [1.807, 2.05) is 31.3 Å². The third-order valence-electron chi connectivity index (χ3n) is 2.92. The molecule has 0 aliphatic carbocycles. The topological polar surface area (TPSA) is 30.5 Å². The first-order valence-electron chi connectivity index (χ1n) is 6.24. The summed E-state index contributed by atoms with van der Waals surface area (Å²) in [6.07, 6.45) is 3.35. The van der Waals surface area contributed by atoms with Gasteiger partial charge in [-0.15, -0.1) is 0 Å². The van der Waals surface area contributed by atoms with E-state index in [9.17, 15) is 0 Å². The molecule has 0 amide bonds. The summed E-state index contributed by atoms with van der Waals surface area (Å²) in [6, 6.07) is 8.35. The standard InChI is InChI=1S/C14H23NO2/c1-4-12(15-2)8-7-11-17-14-10-6-5-9-13(14)16-3/h5-6,9-10,12,15H,4,7-8,11H2,1-3H3. The van der Waals surface area contributed by atoms with Crippen molar-refractivity contribution in [2.45, 2.75) is 32.2 Å². The lowest BCUT2D eigenvalue weighted by Gasteiger charge is -2.14. The first-order valence-corrected chi connectivity index (χ1v) is 6.24. The van der Waals surface area contributed by atoms with Gasteiger partial charge in [-0.3, -0.25) is 0 Å². The van der Waals surface area contributed by atoms with Crippen molar-refractivity contribution in [3.63, 3.8) is 0 Å². The third-order valence-corrected chi connectivity index (χ3v) is 2.92. The van der Waals surface area contributed by atoms with Crippen LogP contribution in [0.5, 0.6) is 11.5 Å². The normalized spacial score (nSPS) is 12.2. The highest BCUT2D eigenvalue weighted by Gasteiger charge is 2.04. The highest BCUT2D eigenvalue weighted by molar-refractivity contribution is 5.39. The average molecular weight is 237 g/mol. The molecular weight excluding hydrogens is 214 g/mol. The van der Waals surface area contributed by atoms with Crippen molar-refractivity contribution in [1.82, 2.24) is 5.32 Å². The van der Waals surface area contributed by atoms with Crippen molar-refractivity contribution < 1.29 is 9.47 Å². The molecule has 96 valence electrons. The molecule has 0 aromatic heterocycles. The van der Waals surface area contributed by atoms with E-state index in [1.165, 1.54) is 0 Å². The Morgan fingerprint density at radius 1 is 1.24 bits per heavy atom. The monoisotopic (exact) mass is 237 g/mol. The van der Waals surface area contributed by atoms with E-state index in [-0.39, 0.29) is 0 Å². The predicted molar refractivity (Wildman–Crippen MR) is 70.9 cm³/mol. The van der Waals surface area contributed by atoms with Crippen LogP contribution in [0.3, 0.4) is 0 Å². The van der Waals surface area contributed by atoms with Crippen LogP contribution < -0.4 is 14.8 Å². The van der Waals surface area contributed by atoms with Crippen LogP contribution in [0.1, 0.15) is 26.2 Å². The lowest BCUT2D eigenvalue weighted by Crippen LogP contribution is -2.24. The van der Waals surface area contributed by atoms with E-state index in [0.29, 0.717) is 6.04 Å². The summed E-state index contributed by atoms with van der Waals surface area (Å²) in [4.78, 5) is 0. The summed E-state index contributed by atoms with van der Waals surface area (Å²) >= 11 is 0. The molecule has 17 heavy (non-hydrogen) atoms. The van der Waals surface area contributed by atoms with Crippen molar-refractivity contribution >= 4 is 0 Å². The van der Waals surface area contributed by atoms with Gasteiger partial charge in [0.25, 0.3) is 0 Å². The van der Waals surface area contributed by atoms with Gasteiger partial charge in [-0.05, 0) is 38.4 Å². The largest absolute Gasteiger partial charge is 0.493 e. The molecule has 0 saturated carbocycles.